The van der Waals surface area contributed by atoms with Gasteiger partial charge >= 0.3 is 5.97 Å². The van der Waals surface area contributed by atoms with Crippen molar-refractivity contribution in [2.24, 2.45) is 11.3 Å². The standard InChI is InChI=1S/C14H25NO3/c1-4-14(5-2,13(17)18)9-12(16)15-10(3)8-11-6-7-11/h10-11H,4-9H2,1-3H3,(H,15,16)(H,17,18). The second-order valence-electron chi connectivity index (χ2n) is 5.62. The monoisotopic (exact) mass is 255 g/mol. The van der Waals surface area contributed by atoms with Crippen LogP contribution in [0.3, 0.4) is 0 Å². The lowest BCUT2D eigenvalue weighted by Gasteiger charge is -2.26. The predicted octanol–water partition coefficient (Wildman–Crippen LogP) is 2.57. The third-order valence-corrected chi connectivity index (χ3v) is 4.10. The second-order valence-corrected chi connectivity index (χ2v) is 5.62. The van der Waals surface area contributed by atoms with E-state index in [1.165, 1.54) is 12.8 Å². The van der Waals surface area contributed by atoms with Gasteiger partial charge in [0, 0.05) is 12.5 Å². The number of rotatable bonds is 8. The van der Waals surface area contributed by atoms with Gasteiger partial charge in [-0.2, -0.15) is 0 Å². The summed E-state index contributed by atoms with van der Waals surface area (Å²) in [5.41, 5.74) is -0.899. The van der Waals surface area contributed by atoms with Gasteiger partial charge in [-0.1, -0.05) is 26.7 Å². The van der Waals surface area contributed by atoms with Crippen molar-refractivity contribution in [2.45, 2.75) is 65.3 Å². The van der Waals surface area contributed by atoms with Crippen LogP contribution in [-0.4, -0.2) is 23.0 Å². The summed E-state index contributed by atoms with van der Waals surface area (Å²) in [5.74, 6) is -0.228. The van der Waals surface area contributed by atoms with Crippen molar-refractivity contribution in [1.82, 2.24) is 5.32 Å². The third-order valence-electron chi connectivity index (χ3n) is 4.10. The SMILES string of the molecule is CCC(CC)(CC(=O)NC(C)CC1CC1)C(=O)O. The van der Waals surface area contributed by atoms with Crippen molar-refractivity contribution in [1.29, 1.82) is 0 Å². The second kappa shape index (κ2) is 6.21. The smallest absolute Gasteiger partial charge is 0.310 e. The number of carbonyl (C=O) groups is 2. The van der Waals surface area contributed by atoms with Crippen LogP contribution in [0.2, 0.25) is 0 Å². The lowest BCUT2D eigenvalue weighted by atomic mass is 9.79. The maximum atomic E-state index is 11.9. The Morgan fingerprint density at radius 1 is 1.33 bits per heavy atom. The summed E-state index contributed by atoms with van der Waals surface area (Å²) in [5, 5.41) is 12.2. The van der Waals surface area contributed by atoms with Crippen molar-refractivity contribution in [3.05, 3.63) is 0 Å². The van der Waals surface area contributed by atoms with Crippen molar-refractivity contribution in [3.63, 3.8) is 0 Å². The Balaban J connectivity index is 2.47. The quantitative estimate of drug-likeness (QED) is 0.700. The summed E-state index contributed by atoms with van der Waals surface area (Å²) >= 11 is 0. The molecule has 1 saturated carbocycles. The number of aliphatic carboxylic acids is 1. The molecule has 0 aromatic rings. The molecule has 1 unspecified atom stereocenters. The zero-order valence-corrected chi connectivity index (χ0v) is 11.7. The van der Waals surface area contributed by atoms with Gasteiger partial charge in [-0.05, 0) is 32.1 Å². The van der Waals surface area contributed by atoms with Crippen LogP contribution in [-0.2, 0) is 9.59 Å². The van der Waals surface area contributed by atoms with Crippen LogP contribution in [0.4, 0.5) is 0 Å². The van der Waals surface area contributed by atoms with Crippen molar-refractivity contribution in [2.75, 3.05) is 0 Å². The Labute approximate surface area is 109 Å². The summed E-state index contributed by atoms with van der Waals surface area (Å²) in [6, 6.07) is 0.158. The maximum Gasteiger partial charge on any atom is 0.310 e. The van der Waals surface area contributed by atoms with Crippen molar-refractivity contribution in [3.8, 4) is 0 Å². The van der Waals surface area contributed by atoms with Crippen LogP contribution in [0, 0.1) is 11.3 Å². The van der Waals surface area contributed by atoms with Crippen molar-refractivity contribution < 1.29 is 14.7 Å². The molecular formula is C14H25NO3. The van der Waals surface area contributed by atoms with E-state index < -0.39 is 11.4 Å². The van der Waals surface area contributed by atoms with Crippen LogP contribution in [0.5, 0.6) is 0 Å². The average Bonchev–Trinajstić information content (AvgIpc) is 3.09. The summed E-state index contributed by atoms with van der Waals surface area (Å²) in [7, 11) is 0. The molecule has 1 amide bonds. The first-order valence-corrected chi connectivity index (χ1v) is 6.96. The van der Waals surface area contributed by atoms with Crippen LogP contribution in [0.15, 0.2) is 0 Å². The molecule has 4 nitrogen and oxygen atoms in total. The van der Waals surface area contributed by atoms with E-state index in [9.17, 15) is 14.7 Å². The number of carbonyl (C=O) groups excluding carboxylic acids is 1. The maximum absolute atomic E-state index is 11.9. The number of amides is 1. The minimum Gasteiger partial charge on any atom is -0.481 e. The molecule has 0 aliphatic heterocycles. The lowest BCUT2D eigenvalue weighted by Crippen LogP contribution is -2.40. The van der Waals surface area contributed by atoms with E-state index in [4.69, 9.17) is 0 Å². The minimum absolute atomic E-state index is 0.0876. The summed E-state index contributed by atoms with van der Waals surface area (Å²) < 4.78 is 0. The van der Waals surface area contributed by atoms with Crippen molar-refractivity contribution >= 4 is 11.9 Å². The van der Waals surface area contributed by atoms with Crippen LogP contribution < -0.4 is 5.32 Å². The highest BCUT2D eigenvalue weighted by Gasteiger charge is 2.37. The number of nitrogens with one attached hydrogen (secondary N) is 1. The molecule has 0 aromatic carbocycles. The zero-order valence-electron chi connectivity index (χ0n) is 11.7. The van der Waals surface area contributed by atoms with Gasteiger partial charge in [0.15, 0.2) is 0 Å². The van der Waals surface area contributed by atoms with E-state index >= 15 is 0 Å². The topological polar surface area (TPSA) is 66.4 Å². The molecule has 0 heterocycles. The molecule has 0 spiro atoms. The molecule has 1 aliphatic rings. The zero-order chi connectivity index (χ0) is 13.8. The van der Waals surface area contributed by atoms with E-state index in [1.807, 2.05) is 20.8 Å². The largest absolute Gasteiger partial charge is 0.481 e. The molecular weight excluding hydrogens is 230 g/mol. The fourth-order valence-electron chi connectivity index (χ4n) is 2.42. The minimum atomic E-state index is -0.899. The molecule has 0 saturated heterocycles. The molecule has 1 aliphatic carbocycles. The van der Waals surface area contributed by atoms with Gasteiger partial charge in [-0.15, -0.1) is 0 Å². The number of carboxylic acids is 1. The average molecular weight is 255 g/mol. The first-order valence-electron chi connectivity index (χ1n) is 6.96. The van der Waals surface area contributed by atoms with Gasteiger partial charge in [0.2, 0.25) is 5.91 Å². The number of hydrogen-bond acceptors (Lipinski definition) is 2. The molecule has 1 atom stereocenters. The Bertz CT molecular complexity index is 306. The molecule has 0 bridgehead atoms. The number of hydrogen-bond donors (Lipinski definition) is 2. The van der Waals surface area contributed by atoms with E-state index in [0.717, 1.165) is 12.3 Å². The first-order chi connectivity index (χ1) is 8.43. The molecule has 2 N–H and O–H groups in total. The van der Waals surface area contributed by atoms with E-state index in [0.29, 0.717) is 12.8 Å². The van der Waals surface area contributed by atoms with E-state index in [-0.39, 0.29) is 18.4 Å². The summed E-state index contributed by atoms with van der Waals surface area (Å²) in [6.07, 6.45) is 4.62. The van der Waals surface area contributed by atoms with Gasteiger partial charge in [-0.25, -0.2) is 0 Å². The van der Waals surface area contributed by atoms with Crippen LogP contribution in [0.1, 0.15) is 59.3 Å². The highest BCUT2D eigenvalue weighted by molar-refractivity contribution is 5.85. The lowest BCUT2D eigenvalue weighted by molar-refractivity contribution is -0.152. The Hall–Kier alpha value is -1.06. The highest BCUT2D eigenvalue weighted by atomic mass is 16.4. The fourth-order valence-corrected chi connectivity index (χ4v) is 2.42. The molecule has 104 valence electrons. The van der Waals surface area contributed by atoms with E-state index in [2.05, 4.69) is 5.32 Å². The van der Waals surface area contributed by atoms with Gasteiger partial charge in [-0.3, -0.25) is 9.59 Å². The molecule has 4 heteroatoms. The van der Waals surface area contributed by atoms with Crippen LogP contribution in [0.25, 0.3) is 0 Å². The Kier molecular flexibility index (Phi) is 5.17. The highest BCUT2D eigenvalue weighted by Crippen LogP contribution is 2.34. The molecule has 18 heavy (non-hydrogen) atoms. The Morgan fingerprint density at radius 2 is 1.89 bits per heavy atom. The normalized spacial score (nSPS) is 17.3. The number of carboxylic acid groups (broad SMARTS) is 1. The van der Waals surface area contributed by atoms with Crippen LogP contribution >= 0.6 is 0 Å². The predicted molar refractivity (Wildman–Crippen MR) is 70.2 cm³/mol. The molecule has 1 fully saturated rings. The van der Waals surface area contributed by atoms with Gasteiger partial charge in [0.05, 0.1) is 5.41 Å². The molecule has 1 rings (SSSR count). The van der Waals surface area contributed by atoms with Gasteiger partial charge < -0.3 is 10.4 Å². The third kappa shape index (κ3) is 4.00. The summed E-state index contributed by atoms with van der Waals surface area (Å²) in [4.78, 5) is 23.2. The van der Waals surface area contributed by atoms with Gasteiger partial charge in [0.25, 0.3) is 0 Å². The van der Waals surface area contributed by atoms with Gasteiger partial charge in [0.1, 0.15) is 0 Å². The fraction of sp³-hybridized carbons (Fsp3) is 0.857. The van der Waals surface area contributed by atoms with E-state index in [1.54, 1.807) is 0 Å². The summed E-state index contributed by atoms with van der Waals surface area (Å²) in [6.45, 7) is 5.66. The molecule has 0 radical (unpaired) electrons. The Morgan fingerprint density at radius 3 is 2.28 bits per heavy atom. The first kappa shape index (κ1) is 15.0. The molecule has 0 aromatic heterocycles.